The Kier molecular flexibility index (Phi) is 6.40. The van der Waals surface area contributed by atoms with Gasteiger partial charge in [0.05, 0.1) is 19.1 Å². The van der Waals surface area contributed by atoms with Gasteiger partial charge in [-0.3, -0.25) is 9.59 Å². The zero-order valence-electron chi connectivity index (χ0n) is 14.9. The van der Waals surface area contributed by atoms with E-state index in [0.717, 1.165) is 19.2 Å². The van der Waals surface area contributed by atoms with Gasteiger partial charge < -0.3 is 14.8 Å². The molecule has 2 aromatic rings. The Morgan fingerprint density at radius 3 is 2.21 bits per heavy atom. The maximum absolute atomic E-state index is 12.6. The third-order valence-electron chi connectivity index (χ3n) is 3.57. The Balaban J connectivity index is 2.13. The van der Waals surface area contributed by atoms with Crippen LogP contribution in [-0.2, 0) is 26.9 Å². The molecule has 9 heteroatoms. The summed E-state index contributed by atoms with van der Waals surface area (Å²) in [6.07, 6.45) is -4.62. The second-order valence-corrected chi connectivity index (χ2v) is 5.72. The molecule has 0 unspecified atom stereocenters. The van der Waals surface area contributed by atoms with E-state index in [1.54, 1.807) is 0 Å². The highest BCUT2D eigenvalue weighted by Gasteiger charge is 2.30. The molecular weight excluding hydrogens is 379 g/mol. The average Bonchev–Trinajstić information content (AvgIpc) is 2.61. The minimum Gasteiger partial charge on any atom is -0.465 e. The highest BCUT2D eigenvalue weighted by Crippen LogP contribution is 2.29. The van der Waals surface area contributed by atoms with Crippen LogP contribution in [0.15, 0.2) is 42.5 Å². The predicted molar refractivity (Wildman–Crippen MR) is 92.9 cm³/mol. The molecule has 0 atom stereocenters. The quantitative estimate of drug-likeness (QED) is 0.618. The fourth-order valence-electron chi connectivity index (χ4n) is 2.32. The maximum atomic E-state index is 12.6. The lowest BCUT2D eigenvalue weighted by Crippen LogP contribution is -2.16. The van der Waals surface area contributed by atoms with E-state index in [1.807, 2.05) is 0 Å². The van der Waals surface area contributed by atoms with Crippen LogP contribution in [0.1, 0.15) is 28.4 Å². The molecule has 2 rings (SSSR count). The Bertz CT molecular complexity index is 891. The van der Waals surface area contributed by atoms with Gasteiger partial charge in [-0.2, -0.15) is 13.2 Å². The van der Waals surface area contributed by atoms with Crippen molar-refractivity contribution < 1.29 is 37.0 Å². The molecule has 0 bridgehead atoms. The molecule has 0 heterocycles. The maximum Gasteiger partial charge on any atom is 0.416 e. The lowest BCUT2D eigenvalue weighted by Gasteiger charge is -2.11. The number of esters is 2. The minimum absolute atomic E-state index is 0.0277. The number of nitrogens with one attached hydrogen (secondary N) is 1. The van der Waals surface area contributed by atoms with Crippen molar-refractivity contribution in [3.8, 4) is 5.75 Å². The van der Waals surface area contributed by atoms with Crippen LogP contribution in [0.5, 0.6) is 5.75 Å². The number of hydrogen-bond donors (Lipinski definition) is 1. The Labute approximate surface area is 158 Å². The molecule has 0 saturated carbocycles. The molecule has 0 saturated heterocycles. The molecule has 0 aliphatic heterocycles. The molecular formula is C19H16F3NO5. The van der Waals surface area contributed by atoms with Gasteiger partial charge in [0.25, 0.3) is 0 Å². The van der Waals surface area contributed by atoms with E-state index < -0.39 is 29.6 Å². The third-order valence-corrected chi connectivity index (χ3v) is 3.57. The zero-order valence-corrected chi connectivity index (χ0v) is 14.9. The number of anilines is 1. The van der Waals surface area contributed by atoms with Gasteiger partial charge in [-0.05, 0) is 35.9 Å². The number of carbonyl (C=O) groups is 3. The topological polar surface area (TPSA) is 81.7 Å². The summed E-state index contributed by atoms with van der Waals surface area (Å²) in [5, 5.41) is 2.53. The van der Waals surface area contributed by atoms with Crippen molar-refractivity contribution in [1.82, 2.24) is 0 Å². The van der Waals surface area contributed by atoms with Crippen molar-refractivity contribution in [3.63, 3.8) is 0 Å². The van der Waals surface area contributed by atoms with Crippen LogP contribution in [0.2, 0.25) is 0 Å². The summed E-state index contributed by atoms with van der Waals surface area (Å²) in [4.78, 5) is 35.1. The summed E-state index contributed by atoms with van der Waals surface area (Å²) in [6, 6.07) is 8.22. The molecule has 0 spiro atoms. The predicted octanol–water partition coefficient (Wildman–Crippen LogP) is 3.60. The summed E-state index contributed by atoms with van der Waals surface area (Å²) in [5.41, 5.74) is -0.256. The molecule has 2 aromatic carbocycles. The number of halogens is 3. The van der Waals surface area contributed by atoms with Crippen LogP contribution in [0.4, 0.5) is 18.9 Å². The number of methoxy groups -OCH3 is 1. The van der Waals surface area contributed by atoms with Crippen molar-refractivity contribution in [1.29, 1.82) is 0 Å². The number of benzene rings is 2. The van der Waals surface area contributed by atoms with E-state index in [2.05, 4.69) is 10.1 Å². The first-order chi connectivity index (χ1) is 13.1. The lowest BCUT2D eigenvalue weighted by atomic mass is 10.1. The van der Waals surface area contributed by atoms with Crippen molar-refractivity contribution >= 4 is 23.5 Å². The van der Waals surface area contributed by atoms with Crippen molar-refractivity contribution in [2.45, 2.75) is 19.5 Å². The van der Waals surface area contributed by atoms with Crippen molar-refractivity contribution in [2.75, 3.05) is 12.4 Å². The number of amides is 1. The monoisotopic (exact) mass is 395 g/mol. The van der Waals surface area contributed by atoms with E-state index in [-0.39, 0.29) is 23.4 Å². The summed E-state index contributed by atoms with van der Waals surface area (Å²) in [5.74, 6) is -1.93. The number of alkyl halides is 3. The SMILES string of the molecule is COC(=O)c1cc(NC(=O)Cc2ccc(C(F)(F)F)cc2)ccc1OC(C)=O. The molecule has 0 aliphatic rings. The van der Waals surface area contributed by atoms with Gasteiger partial charge in [0.1, 0.15) is 11.3 Å². The normalized spacial score (nSPS) is 10.9. The van der Waals surface area contributed by atoms with E-state index in [1.165, 1.54) is 37.3 Å². The Hall–Kier alpha value is -3.36. The third kappa shape index (κ3) is 5.57. The average molecular weight is 395 g/mol. The fourth-order valence-corrected chi connectivity index (χ4v) is 2.32. The molecule has 0 aromatic heterocycles. The van der Waals surface area contributed by atoms with Crippen molar-refractivity contribution in [2.24, 2.45) is 0 Å². The molecule has 6 nitrogen and oxygen atoms in total. The van der Waals surface area contributed by atoms with Crippen LogP contribution in [0.3, 0.4) is 0 Å². The first-order valence-corrected chi connectivity index (χ1v) is 7.97. The van der Waals surface area contributed by atoms with Gasteiger partial charge in [0.2, 0.25) is 5.91 Å². The molecule has 148 valence electrons. The van der Waals surface area contributed by atoms with Gasteiger partial charge in [-0.15, -0.1) is 0 Å². The number of rotatable bonds is 5. The lowest BCUT2D eigenvalue weighted by molar-refractivity contribution is -0.137. The standard InChI is InChI=1S/C19H16F3NO5/c1-11(24)28-16-8-7-14(10-15(16)18(26)27-2)23-17(25)9-12-3-5-13(6-4-12)19(20,21)22/h3-8,10H,9H2,1-2H3,(H,23,25). The van der Waals surface area contributed by atoms with Gasteiger partial charge in [-0.1, -0.05) is 12.1 Å². The Morgan fingerprint density at radius 1 is 1.04 bits per heavy atom. The molecule has 0 fully saturated rings. The molecule has 1 N–H and O–H groups in total. The fraction of sp³-hybridized carbons (Fsp3) is 0.211. The smallest absolute Gasteiger partial charge is 0.416 e. The van der Waals surface area contributed by atoms with Gasteiger partial charge in [-0.25, -0.2) is 4.79 Å². The first kappa shape index (κ1) is 20.9. The molecule has 0 radical (unpaired) electrons. The van der Waals surface area contributed by atoms with Crippen LogP contribution in [0, 0.1) is 0 Å². The minimum atomic E-state index is -4.45. The molecule has 1 amide bonds. The number of hydrogen-bond acceptors (Lipinski definition) is 5. The van der Waals surface area contributed by atoms with Crippen LogP contribution in [0.25, 0.3) is 0 Å². The second-order valence-electron chi connectivity index (χ2n) is 5.72. The Morgan fingerprint density at radius 2 is 1.68 bits per heavy atom. The molecule has 0 aliphatic carbocycles. The highest BCUT2D eigenvalue weighted by atomic mass is 19.4. The first-order valence-electron chi connectivity index (χ1n) is 7.97. The van der Waals surface area contributed by atoms with Gasteiger partial charge in [0, 0.05) is 12.6 Å². The van der Waals surface area contributed by atoms with Crippen LogP contribution < -0.4 is 10.1 Å². The highest BCUT2D eigenvalue weighted by molar-refractivity contribution is 5.97. The summed E-state index contributed by atoms with van der Waals surface area (Å²) >= 11 is 0. The summed E-state index contributed by atoms with van der Waals surface area (Å²) in [6.45, 7) is 1.17. The van der Waals surface area contributed by atoms with E-state index in [0.29, 0.717) is 5.56 Å². The van der Waals surface area contributed by atoms with Crippen molar-refractivity contribution in [3.05, 3.63) is 59.2 Å². The molecule has 28 heavy (non-hydrogen) atoms. The number of carbonyl (C=O) groups excluding carboxylic acids is 3. The number of ether oxygens (including phenoxy) is 2. The van der Waals surface area contributed by atoms with E-state index >= 15 is 0 Å². The van der Waals surface area contributed by atoms with Gasteiger partial charge in [0.15, 0.2) is 0 Å². The van der Waals surface area contributed by atoms with Crippen LogP contribution >= 0.6 is 0 Å². The van der Waals surface area contributed by atoms with E-state index in [4.69, 9.17) is 4.74 Å². The summed E-state index contributed by atoms with van der Waals surface area (Å²) < 4.78 is 47.2. The summed E-state index contributed by atoms with van der Waals surface area (Å²) in [7, 11) is 1.15. The second kappa shape index (κ2) is 8.55. The van der Waals surface area contributed by atoms with E-state index in [9.17, 15) is 27.6 Å². The van der Waals surface area contributed by atoms with Gasteiger partial charge >= 0.3 is 18.1 Å². The van der Waals surface area contributed by atoms with Crippen LogP contribution in [-0.4, -0.2) is 25.0 Å². The zero-order chi connectivity index (χ0) is 20.9. The largest absolute Gasteiger partial charge is 0.465 e.